The van der Waals surface area contributed by atoms with Gasteiger partial charge in [0.25, 0.3) is 0 Å². The van der Waals surface area contributed by atoms with Gasteiger partial charge in [-0.15, -0.1) is 0 Å². The maximum Gasteiger partial charge on any atom is 0.123 e. The third-order valence-electron chi connectivity index (χ3n) is 3.16. The zero-order valence-corrected chi connectivity index (χ0v) is 10.5. The summed E-state index contributed by atoms with van der Waals surface area (Å²) in [4.78, 5) is 0. The predicted octanol–water partition coefficient (Wildman–Crippen LogP) is 3.02. The SMILES string of the molecule is CC1(C)CCc2ccc(C(C)(C)O)cc2O1. The Balaban J connectivity index is 2.39. The minimum atomic E-state index is -0.806. The molecular formula is C14H20O2. The lowest BCUT2D eigenvalue weighted by Crippen LogP contribution is -2.32. The molecule has 2 rings (SSSR count). The fraction of sp³-hybridized carbons (Fsp3) is 0.571. The van der Waals surface area contributed by atoms with Gasteiger partial charge in [-0.05, 0) is 57.7 Å². The lowest BCUT2D eigenvalue weighted by molar-refractivity contribution is 0.0717. The fourth-order valence-corrected chi connectivity index (χ4v) is 2.02. The highest BCUT2D eigenvalue weighted by molar-refractivity contribution is 5.41. The topological polar surface area (TPSA) is 29.5 Å². The van der Waals surface area contributed by atoms with Crippen molar-refractivity contribution in [2.45, 2.75) is 51.7 Å². The molecule has 1 heterocycles. The molecule has 16 heavy (non-hydrogen) atoms. The van der Waals surface area contributed by atoms with Gasteiger partial charge in [0.05, 0.1) is 5.60 Å². The number of rotatable bonds is 1. The monoisotopic (exact) mass is 220 g/mol. The van der Waals surface area contributed by atoms with Crippen molar-refractivity contribution in [1.82, 2.24) is 0 Å². The van der Waals surface area contributed by atoms with E-state index < -0.39 is 5.60 Å². The Bertz CT molecular complexity index is 400. The standard InChI is InChI=1S/C14H20O2/c1-13(2)8-7-10-5-6-11(14(3,4)15)9-12(10)16-13/h5-6,9,15H,7-8H2,1-4H3. The molecule has 0 saturated carbocycles. The smallest absolute Gasteiger partial charge is 0.123 e. The van der Waals surface area contributed by atoms with Gasteiger partial charge in [-0.3, -0.25) is 0 Å². The number of hydrogen-bond donors (Lipinski definition) is 1. The summed E-state index contributed by atoms with van der Waals surface area (Å²) in [6, 6.07) is 6.02. The van der Waals surface area contributed by atoms with Crippen molar-refractivity contribution >= 4 is 0 Å². The summed E-state index contributed by atoms with van der Waals surface area (Å²) in [5.41, 5.74) is 1.25. The molecule has 2 heteroatoms. The maximum atomic E-state index is 9.97. The molecule has 0 atom stereocenters. The zero-order chi connectivity index (χ0) is 12.0. The van der Waals surface area contributed by atoms with Crippen LogP contribution in [0.25, 0.3) is 0 Å². The minimum Gasteiger partial charge on any atom is -0.488 e. The van der Waals surface area contributed by atoms with Gasteiger partial charge in [0.15, 0.2) is 0 Å². The molecule has 2 nitrogen and oxygen atoms in total. The van der Waals surface area contributed by atoms with Gasteiger partial charge in [-0.1, -0.05) is 12.1 Å². The average Bonchev–Trinajstić information content (AvgIpc) is 2.13. The first-order valence-corrected chi connectivity index (χ1v) is 5.83. The lowest BCUT2D eigenvalue weighted by atomic mass is 9.91. The molecule has 1 aliphatic rings. The van der Waals surface area contributed by atoms with Crippen LogP contribution in [-0.4, -0.2) is 10.7 Å². The van der Waals surface area contributed by atoms with Crippen LogP contribution in [0.1, 0.15) is 45.2 Å². The Morgan fingerprint density at radius 3 is 2.62 bits per heavy atom. The van der Waals surface area contributed by atoms with Gasteiger partial charge >= 0.3 is 0 Å². The van der Waals surface area contributed by atoms with Crippen LogP contribution in [0, 0.1) is 0 Å². The molecular weight excluding hydrogens is 200 g/mol. The van der Waals surface area contributed by atoms with E-state index >= 15 is 0 Å². The number of hydrogen-bond acceptors (Lipinski definition) is 2. The molecule has 0 spiro atoms. The molecule has 1 aromatic carbocycles. The van der Waals surface area contributed by atoms with E-state index in [4.69, 9.17) is 4.74 Å². The van der Waals surface area contributed by atoms with E-state index in [0.717, 1.165) is 24.2 Å². The first kappa shape index (κ1) is 11.5. The van der Waals surface area contributed by atoms with Crippen LogP contribution in [0.5, 0.6) is 5.75 Å². The Morgan fingerprint density at radius 1 is 1.31 bits per heavy atom. The number of ether oxygens (including phenoxy) is 1. The van der Waals surface area contributed by atoms with E-state index in [0.29, 0.717) is 0 Å². The highest BCUT2D eigenvalue weighted by atomic mass is 16.5. The van der Waals surface area contributed by atoms with Crippen molar-refractivity contribution in [2.75, 3.05) is 0 Å². The van der Waals surface area contributed by atoms with Gasteiger partial charge in [0, 0.05) is 0 Å². The van der Waals surface area contributed by atoms with Crippen molar-refractivity contribution in [3.63, 3.8) is 0 Å². The first-order valence-electron chi connectivity index (χ1n) is 5.83. The molecule has 1 N–H and O–H groups in total. The van der Waals surface area contributed by atoms with Crippen LogP contribution in [-0.2, 0) is 12.0 Å². The second-order valence-corrected chi connectivity index (χ2v) is 5.74. The molecule has 0 fully saturated rings. The summed E-state index contributed by atoms with van der Waals surface area (Å²) in [7, 11) is 0. The van der Waals surface area contributed by atoms with Gasteiger partial charge in [-0.2, -0.15) is 0 Å². The summed E-state index contributed by atoms with van der Waals surface area (Å²) in [6.45, 7) is 7.80. The van der Waals surface area contributed by atoms with Crippen LogP contribution in [0.3, 0.4) is 0 Å². The predicted molar refractivity (Wildman–Crippen MR) is 64.7 cm³/mol. The van der Waals surface area contributed by atoms with E-state index in [1.165, 1.54) is 5.56 Å². The molecule has 0 aliphatic carbocycles. The molecule has 0 saturated heterocycles. The lowest BCUT2D eigenvalue weighted by Gasteiger charge is -2.33. The van der Waals surface area contributed by atoms with E-state index in [2.05, 4.69) is 19.9 Å². The third-order valence-corrected chi connectivity index (χ3v) is 3.16. The molecule has 1 aliphatic heterocycles. The summed E-state index contributed by atoms with van der Waals surface area (Å²) in [5.74, 6) is 0.927. The molecule has 1 aromatic rings. The first-order chi connectivity index (χ1) is 7.28. The van der Waals surface area contributed by atoms with Gasteiger partial charge in [0.2, 0.25) is 0 Å². The van der Waals surface area contributed by atoms with E-state index in [9.17, 15) is 5.11 Å². The number of benzene rings is 1. The largest absolute Gasteiger partial charge is 0.488 e. The molecule has 0 aromatic heterocycles. The van der Waals surface area contributed by atoms with Crippen LogP contribution >= 0.6 is 0 Å². The molecule has 0 radical (unpaired) electrons. The van der Waals surface area contributed by atoms with Crippen LogP contribution < -0.4 is 4.74 Å². The normalized spacial score (nSPS) is 18.8. The van der Waals surface area contributed by atoms with Crippen molar-refractivity contribution in [3.8, 4) is 5.75 Å². The second-order valence-electron chi connectivity index (χ2n) is 5.74. The molecule has 0 bridgehead atoms. The third kappa shape index (κ3) is 2.22. The summed E-state index contributed by atoms with van der Waals surface area (Å²) < 4.78 is 5.94. The van der Waals surface area contributed by atoms with E-state index in [-0.39, 0.29) is 5.60 Å². The highest BCUT2D eigenvalue weighted by Crippen LogP contribution is 2.35. The van der Waals surface area contributed by atoms with Crippen molar-refractivity contribution in [1.29, 1.82) is 0 Å². The van der Waals surface area contributed by atoms with E-state index in [1.54, 1.807) is 13.8 Å². The Kier molecular flexibility index (Phi) is 2.50. The van der Waals surface area contributed by atoms with Gasteiger partial charge < -0.3 is 9.84 Å². The van der Waals surface area contributed by atoms with Crippen molar-refractivity contribution in [3.05, 3.63) is 29.3 Å². The summed E-state index contributed by atoms with van der Waals surface area (Å²) in [6.07, 6.45) is 2.09. The number of aryl methyl sites for hydroxylation is 1. The Hall–Kier alpha value is -1.02. The van der Waals surface area contributed by atoms with Gasteiger partial charge in [0.1, 0.15) is 11.4 Å². The van der Waals surface area contributed by atoms with Crippen LogP contribution in [0.15, 0.2) is 18.2 Å². The highest BCUT2D eigenvalue weighted by Gasteiger charge is 2.27. The number of fused-ring (bicyclic) bond motifs is 1. The fourth-order valence-electron chi connectivity index (χ4n) is 2.02. The van der Waals surface area contributed by atoms with Crippen molar-refractivity contribution in [2.24, 2.45) is 0 Å². The molecule has 0 unspecified atom stereocenters. The maximum absolute atomic E-state index is 9.97. The van der Waals surface area contributed by atoms with Crippen LogP contribution in [0.4, 0.5) is 0 Å². The molecule has 88 valence electrons. The average molecular weight is 220 g/mol. The minimum absolute atomic E-state index is 0.0920. The van der Waals surface area contributed by atoms with Crippen LogP contribution in [0.2, 0.25) is 0 Å². The molecule has 0 amide bonds. The Morgan fingerprint density at radius 2 is 2.00 bits per heavy atom. The summed E-state index contributed by atoms with van der Waals surface area (Å²) in [5, 5.41) is 9.97. The quantitative estimate of drug-likeness (QED) is 0.788. The Labute approximate surface area is 97.3 Å². The van der Waals surface area contributed by atoms with Crippen molar-refractivity contribution < 1.29 is 9.84 Å². The second kappa shape index (κ2) is 3.49. The summed E-state index contributed by atoms with van der Waals surface area (Å²) >= 11 is 0. The van der Waals surface area contributed by atoms with Gasteiger partial charge in [-0.25, -0.2) is 0 Å². The van der Waals surface area contributed by atoms with E-state index in [1.807, 2.05) is 12.1 Å². The number of aliphatic hydroxyl groups is 1. The zero-order valence-electron chi connectivity index (χ0n) is 10.5.